The van der Waals surface area contributed by atoms with Crippen molar-refractivity contribution in [3.8, 4) is 5.75 Å². The number of rotatable bonds is 5. The van der Waals surface area contributed by atoms with Crippen LogP contribution in [0.25, 0.3) is 10.8 Å². The van der Waals surface area contributed by atoms with Gasteiger partial charge in [0.25, 0.3) is 0 Å². The zero-order valence-electron chi connectivity index (χ0n) is 10.4. The first-order valence-corrected chi connectivity index (χ1v) is 6.11. The molecule has 0 saturated carbocycles. The minimum atomic E-state index is -0.816. The molecule has 0 unspecified atom stereocenters. The Morgan fingerprint density at radius 2 is 2.00 bits per heavy atom. The van der Waals surface area contributed by atoms with E-state index in [2.05, 4.69) is 4.99 Å². The molecule has 98 valence electrons. The highest BCUT2D eigenvalue weighted by atomic mass is 16.4. The van der Waals surface area contributed by atoms with Crippen molar-refractivity contribution in [2.24, 2.45) is 4.99 Å². The molecule has 2 N–H and O–H groups in total. The standard InChI is InChI=1S/C15H15NO3/c17-14-8-7-11-4-1-2-5-12(11)13(14)10-16-9-3-6-15(18)19/h1-2,4-5,7-8,10,17H,3,6,9H2,(H,18,19). The van der Waals surface area contributed by atoms with Crippen molar-refractivity contribution in [3.63, 3.8) is 0 Å². The van der Waals surface area contributed by atoms with Gasteiger partial charge in [-0.1, -0.05) is 30.3 Å². The number of carboxylic acids is 1. The molecule has 0 aliphatic carbocycles. The molecular formula is C15H15NO3. The summed E-state index contributed by atoms with van der Waals surface area (Å²) in [6.07, 6.45) is 2.22. The van der Waals surface area contributed by atoms with Crippen LogP contribution in [0.1, 0.15) is 18.4 Å². The second kappa shape index (κ2) is 6.00. The lowest BCUT2D eigenvalue weighted by molar-refractivity contribution is -0.137. The van der Waals surface area contributed by atoms with E-state index in [1.54, 1.807) is 12.3 Å². The van der Waals surface area contributed by atoms with E-state index in [4.69, 9.17) is 5.11 Å². The summed E-state index contributed by atoms with van der Waals surface area (Å²) in [4.78, 5) is 14.5. The van der Waals surface area contributed by atoms with Gasteiger partial charge in [-0.25, -0.2) is 0 Å². The number of phenols is 1. The maximum Gasteiger partial charge on any atom is 0.303 e. The zero-order chi connectivity index (χ0) is 13.7. The minimum absolute atomic E-state index is 0.110. The average Bonchev–Trinajstić information content (AvgIpc) is 2.40. The van der Waals surface area contributed by atoms with Crippen LogP contribution < -0.4 is 0 Å². The van der Waals surface area contributed by atoms with E-state index in [1.807, 2.05) is 30.3 Å². The quantitative estimate of drug-likeness (QED) is 0.639. The van der Waals surface area contributed by atoms with E-state index in [-0.39, 0.29) is 12.2 Å². The molecule has 0 radical (unpaired) electrons. The maximum absolute atomic E-state index is 10.4. The fourth-order valence-corrected chi connectivity index (χ4v) is 1.90. The number of hydrogen-bond acceptors (Lipinski definition) is 3. The van der Waals surface area contributed by atoms with Gasteiger partial charge in [-0.2, -0.15) is 0 Å². The van der Waals surface area contributed by atoms with E-state index in [9.17, 15) is 9.90 Å². The summed E-state index contributed by atoms with van der Waals surface area (Å²) in [5.74, 6) is -0.635. The third-order valence-electron chi connectivity index (χ3n) is 2.85. The highest BCUT2D eigenvalue weighted by molar-refractivity contribution is 6.02. The number of hydrogen-bond donors (Lipinski definition) is 2. The molecule has 0 amide bonds. The predicted molar refractivity (Wildman–Crippen MR) is 74.9 cm³/mol. The monoisotopic (exact) mass is 257 g/mol. The lowest BCUT2D eigenvalue weighted by Gasteiger charge is -2.04. The number of aromatic hydroxyl groups is 1. The van der Waals surface area contributed by atoms with Crippen molar-refractivity contribution < 1.29 is 15.0 Å². The number of fused-ring (bicyclic) bond motifs is 1. The number of carbonyl (C=O) groups is 1. The summed E-state index contributed by atoms with van der Waals surface area (Å²) < 4.78 is 0. The number of nitrogens with zero attached hydrogens (tertiary/aromatic N) is 1. The maximum atomic E-state index is 10.4. The highest BCUT2D eigenvalue weighted by Crippen LogP contribution is 2.25. The van der Waals surface area contributed by atoms with Gasteiger partial charge < -0.3 is 10.2 Å². The van der Waals surface area contributed by atoms with Crippen molar-refractivity contribution in [2.75, 3.05) is 6.54 Å². The second-order valence-electron chi connectivity index (χ2n) is 4.25. The summed E-state index contributed by atoms with van der Waals surface area (Å²) in [6.45, 7) is 0.439. The van der Waals surface area contributed by atoms with Crippen LogP contribution in [0.5, 0.6) is 5.75 Å². The zero-order valence-corrected chi connectivity index (χ0v) is 10.4. The number of aliphatic imine (C=N–C) groups is 1. The molecule has 0 heterocycles. The van der Waals surface area contributed by atoms with Crippen LogP contribution >= 0.6 is 0 Å². The first-order valence-electron chi connectivity index (χ1n) is 6.11. The Kier molecular flexibility index (Phi) is 4.13. The molecule has 2 aromatic carbocycles. The van der Waals surface area contributed by atoms with Gasteiger partial charge in [-0.3, -0.25) is 9.79 Å². The molecule has 19 heavy (non-hydrogen) atoms. The number of aliphatic carboxylic acids is 1. The fourth-order valence-electron chi connectivity index (χ4n) is 1.90. The Labute approximate surface area is 111 Å². The Morgan fingerprint density at radius 3 is 2.79 bits per heavy atom. The average molecular weight is 257 g/mol. The van der Waals surface area contributed by atoms with Crippen molar-refractivity contribution >= 4 is 23.0 Å². The largest absolute Gasteiger partial charge is 0.507 e. The van der Waals surface area contributed by atoms with Crippen LogP contribution in [-0.4, -0.2) is 28.9 Å². The molecule has 0 aliphatic heterocycles. The van der Waals surface area contributed by atoms with E-state index >= 15 is 0 Å². The number of phenolic OH excluding ortho intramolecular Hbond substituents is 1. The van der Waals surface area contributed by atoms with Crippen molar-refractivity contribution in [1.82, 2.24) is 0 Å². The molecule has 0 bridgehead atoms. The Morgan fingerprint density at radius 1 is 1.21 bits per heavy atom. The summed E-state index contributed by atoms with van der Waals surface area (Å²) >= 11 is 0. The molecule has 0 aromatic heterocycles. The lowest BCUT2D eigenvalue weighted by Crippen LogP contribution is -1.95. The SMILES string of the molecule is O=C(O)CCCN=Cc1c(O)ccc2ccccc12. The molecule has 0 atom stereocenters. The smallest absolute Gasteiger partial charge is 0.303 e. The fraction of sp³-hybridized carbons (Fsp3) is 0.200. The van der Waals surface area contributed by atoms with Gasteiger partial charge in [0.2, 0.25) is 0 Å². The molecular weight excluding hydrogens is 242 g/mol. The van der Waals surface area contributed by atoms with Gasteiger partial charge in [0.05, 0.1) is 0 Å². The minimum Gasteiger partial charge on any atom is -0.507 e. The van der Waals surface area contributed by atoms with Gasteiger partial charge >= 0.3 is 5.97 Å². The first kappa shape index (κ1) is 13.1. The molecule has 0 fully saturated rings. The molecule has 4 nitrogen and oxygen atoms in total. The van der Waals surface area contributed by atoms with Gasteiger partial charge in [-0.15, -0.1) is 0 Å². The second-order valence-corrected chi connectivity index (χ2v) is 4.25. The van der Waals surface area contributed by atoms with Gasteiger partial charge in [-0.05, 0) is 23.3 Å². The molecule has 2 rings (SSSR count). The summed E-state index contributed by atoms with van der Waals surface area (Å²) in [5.41, 5.74) is 0.674. The van der Waals surface area contributed by atoms with Crippen molar-refractivity contribution in [1.29, 1.82) is 0 Å². The topological polar surface area (TPSA) is 69.9 Å². The van der Waals surface area contributed by atoms with Crippen LogP contribution in [0.2, 0.25) is 0 Å². The van der Waals surface area contributed by atoms with E-state index < -0.39 is 5.97 Å². The van der Waals surface area contributed by atoms with Crippen LogP contribution in [0.15, 0.2) is 41.4 Å². The van der Waals surface area contributed by atoms with Gasteiger partial charge in [0.1, 0.15) is 5.75 Å². The van der Waals surface area contributed by atoms with Crippen molar-refractivity contribution in [2.45, 2.75) is 12.8 Å². The molecule has 2 aromatic rings. The number of carboxylic acid groups (broad SMARTS) is 1. The molecule has 0 aliphatic rings. The lowest BCUT2D eigenvalue weighted by atomic mass is 10.0. The van der Waals surface area contributed by atoms with Gasteiger partial charge in [0, 0.05) is 24.7 Å². The Hall–Kier alpha value is -2.36. The highest BCUT2D eigenvalue weighted by Gasteiger charge is 2.03. The molecule has 0 spiro atoms. The Bertz CT molecular complexity index is 620. The summed E-state index contributed by atoms with van der Waals surface area (Å²) in [7, 11) is 0. The number of benzene rings is 2. The van der Waals surface area contributed by atoms with Crippen LogP contribution in [0, 0.1) is 0 Å². The molecule has 4 heteroatoms. The first-order chi connectivity index (χ1) is 9.18. The van der Waals surface area contributed by atoms with E-state index in [0.717, 1.165) is 10.8 Å². The van der Waals surface area contributed by atoms with Gasteiger partial charge in [0.15, 0.2) is 0 Å². The van der Waals surface area contributed by atoms with Crippen LogP contribution in [-0.2, 0) is 4.79 Å². The van der Waals surface area contributed by atoms with E-state index in [1.165, 1.54) is 0 Å². The predicted octanol–water partition coefficient (Wildman–Crippen LogP) is 2.83. The third-order valence-corrected chi connectivity index (χ3v) is 2.85. The molecule has 0 saturated heterocycles. The Balaban J connectivity index is 2.17. The normalized spacial score (nSPS) is 11.2. The van der Waals surface area contributed by atoms with E-state index in [0.29, 0.717) is 18.5 Å². The van der Waals surface area contributed by atoms with Crippen LogP contribution in [0.4, 0.5) is 0 Å². The summed E-state index contributed by atoms with van der Waals surface area (Å²) in [5, 5.41) is 20.4. The van der Waals surface area contributed by atoms with Crippen LogP contribution in [0.3, 0.4) is 0 Å². The third kappa shape index (κ3) is 3.31. The summed E-state index contributed by atoms with van der Waals surface area (Å²) in [6, 6.07) is 11.2. The van der Waals surface area contributed by atoms with Crippen molar-refractivity contribution in [3.05, 3.63) is 42.0 Å².